The maximum atomic E-state index is 2.82. The zero-order chi connectivity index (χ0) is 18.2. The zero-order valence-electron chi connectivity index (χ0n) is 17.7. The topological polar surface area (TPSA) is 13.0 Å². The Morgan fingerprint density at radius 1 is 0.560 bits per heavy atom. The van der Waals surface area contributed by atoms with E-state index in [0.29, 0.717) is 11.1 Å². The van der Waals surface area contributed by atoms with Gasteiger partial charge in [-0.25, -0.2) is 0 Å². The predicted molar refractivity (Wildman–Crippen MR) is 107 cm³/mol. The Labute approximate surface area is 156 Å². The zero-order valence-corrected chi connectivity index (χ0v) is 17.7. The van der Waals surface area contributed by atoms with Gasteiger partial charge in [0, 0.05) is 69.0 Å². The van der Waals surface area contributed by atoms with E-state index in [1.807, 2.05) is 0 Å². The molecule has 0 N–H and O–H groups in total. The number of rotatable bonds is 2. The van der Waals surface area contributed by atoms with Gasteiger partial charge in [-0.2, -0.15) is 0 Å². The van der Waals surface area contributed by atoms with Gasteiger partial charge in [0.05, 0.1) is 0 Å². The van der Waals surface area contributed by atoms with Crippen molar-refractivity contribution >= 4 is 0 Å². The molecule has 3 aliphatic rings. The maximum absolute atomic E-state index is 2.82. The van der Waals surface area contributed by atoms with E-state index >= 15 is 0 Å². The van der Waals surface area contributed by atoms with E-state index < -0.39 is 0 Å². The maximum Gasteiger partial charge on any atom is 0.0236 e. The Morgan fingerprint density at radius 3 is 1.76 bits per heavy atom. The van der Waals surface area contributed by atoms with Crippen LogP contribution in [-0.4, -0.2) is 95.1 Å². The molecule has 3 heterocycles. The van der Waals surface area contributed by atoms with Gasteiger partial charge < -0.3 is 0 Å². The van der Waals surface area contributed by atoms with Gasteiger partial charge in [-0.3, -0.25) is 19.6 Å². The highest BCUT2D eigenvalue weighted by Gasteiger charge is 2.37. The smallest absolute Gasteiger partial charge is 0.0236 e. The number of hydrogen-bond donors (Lipinski definition) is 0. The average Bonchev–Trinajstić information content (AvgIpc) is 3.03. The molecule has 146 valence electrons. The average molecular weight is 351 g/mol. The van der Waals surface area contributed by atoms with Gasteiger partial charge in [-0.05, 0) is 67.3 Å². The lowest BCUT2D eigenvalue weighted by Gasteiger charge is -2.45. The fourth-order valence-electron chi connectivity index (χ4n) is 5.02. The van der Waals surface area contributed by atoms with Crippen LogP contribution in [0.15, 0.2) is 0 Å². The normalized spacial score (nSPS) is 32.4. The molecule has 0 aliphatic carbocycles. The third kappa shape index (κ3) is 4.77. The van der Waals surface area contributed by atoms with E-state index in [-0.39, 0.29) is 0 Å². The molecule has 4 nitrogen and oxygen atoms in total. The summed E-state index contributed by atoms with van der Waals surface area (Å²) >= 11 is 0. The van der Waals surface area contributed by atoms with Crippen LogP contribution in [0.5, 0.6) is 0 Å². The van der Waals surface area contributed by atoms with Crippen LogP contribution < -0.4 is 0 Å². The molecule has 0 spiro atoms. The van der Waals surface area contributed by atoms with E-state index in [0.717, 1.165) is 12.1 Å². The highest BCUT2D eigenvalue weighted by molar-refractivity contribution is 4.94. The first kappa shape index (κ1) is 19.6. The van der Waals surface area contributed by atoms with E-state index in [1.54, 1.807) is 0 Å². The summed E-state index contributed by atoms with van der Waals surface area (Å²) < 4.78 is 0. The van der Waals surface area contributed by atoms with Crippen molar-refractivity contribution in [3.05, 3.63) is 0 Å². The number of likely N-dealkylation sites (tertiary alicyclic amines) is 2. The van der Waals surface area contributed by atoms with Crippen molar-refractivity contribution < 1.29 is 0 Å². The summed E-state index contributed by atoms with van der Waals surface area (Å²) in [5.74, 6) is 0. The second kappa shape index (κ2) is 7.46. The van der Waals surface area contributed by atoms with Crippen LogP contribution in [0, 0.1) is 0 Å². The minimum absolute atomic E-state index is 0.321. The predicted octanol–water partition coefficient (Wildman–Crippen LogP) is 2.74. The summed E-state index contributed by atoms with van der Waals surface area (Å²) in [6.07, 6.45) is 4.14. The van der Waals surface area contributed by atoms with Crippen LogP contribution >= 0.6 is 0 Å². The molecule has 3 aliphatic heterocycles. The Kier molecular flexibility index (Phi) is 5.85. The molecule has 2 unspecified atom stereocenters. The second-order valence-corrected chi connectivity index (χ2v) is 10.5. The molecule has 0 saturated carbocycles. The van der Waals surface area contributed by atoms with Crippen LogP contribution in [0.3, 0.4) is 0 Å². The molecule has 0 aromatic heterocycles. The first-order valence-electron chi connectivity index (χ1n) is 10.6. The molecule has 4 heteroatoms. The van der Waals surface area contributed by atoms with E-state index in [4.69, 9.17) is 0 Å². The minimum atomic E-state index is 0.321. The van der Waals surface area contributed by atoms with Crippen LogP contribution in [0.4, 0.5) is 0 Å². The van der Waals surface area contributed by atoms with Crippen LogP contribution in [0.25, 0.3) is 0 Å². The summed E-state index contributed by atoms with van der Waals surface area (Å²) in [5, 5.41) is 0. The van der Waals surface area contributed by atoms with Gasteiger partial charge in [0.25, 0.3) is 0 Å². The molecule has 3 rings (SSSR count). The summed E-state index contributed by atoms with van der Waals surface area (Å²) in [6.45, 7) is 24.3. The third-order valence-corrected chi connectivity index (χ3v) is 6.84. The van der Waals surface area contributed by atoms with Crippen LogP contribution in [0.1, 0.15) is 60.8 Å². The quantitative estimate of drug-likeness (QED) is 0.759. The fraction of sp³-hybridized carbons (Fsp3) is 1.00. The van der Waals surface area contributed by atoms with Crippen molar-refractivity contribution in [2.24, 2.45) is 0 Å². The number of piperazine rings is 1. The van der Waals surface area contributed by atoms with Crippen molar-refractivity contribution in [2.45, 2.75) is 84.0 Å². The molecule has 0 radical (unpaired) electrons. The summed E-state index contributed by atoms with van der Waals surface area (Å²) in [4.78, 5) is 11.0. The Bertz CT molecular complexity index is 428. The Balaban J connectivity index is 1.49. The molecule has 0 bridgehead atoms. The lowest BCUT2D eigenvalue weighted by Crippen LogP contribution is -2.56. The lowest BCUT2D eigenvalue weighted by atomic mass is 9.97. The second-order valence-electron chi connectivity index (χ2n) is 10.5. The number of piperidine rings is 1. The summed E-state index contributed by atoms with van der Waals surface area (Å²) in [6, 6.07) is 1.58. The first-order valence-corrected chi connectivity index (χ1v) is 10.6. The van der Waals surface area contributed by atoms with Crippen molar-refractivity contribution in [1.82, 2.24) is 19.6 Å². The molecule has 0 aromatic carbocycles. The molecular formula is C21H42N4. The van der Waals surface area contributed by atoms with Gasteiger partial charge >= 0.3 is 0 Å². The van der Waals surface area contributed by atoms with Crippen molar-refractivity contribution in [2.75, 3.05) is 52.4 Å². The van der Waals surface area contributed by atoms with E-state index in [1.165, 1.54) is 71.6 Å². The highest BCUT2D eigenvalue weighted by Crippen LogP contribution is 2.27. The molecule has 0 aromatic rings. The fourth-order valence-corrected chi connectivity index (χ4v) is 5.02. The monoisotopic (exact) mass is 350 g/mol. The van der Waals surface area contributed by atoms with E-state index in [2.05, 4.69) is 61.1 Å². The van der Waals surface area contributed by atoms with Crippen molar-refractivity contribution in [3.63, 3.8) is 0 Å². The summed E-state index contributed by atoms with van der Waals surface area (Å²) in [7, 11) is 0. The molecule has 0 amide bonds. The molecule has 25 heavy (non-hydrogen) atoms. The van der Waals surface area contributed by atoms with Gasteiger partial charge in [-0.1, -0.05) is 0 Å². The SMILES string of the molecule is CC(C)(C)N1CCN(C2CCN(C3CCCN(C(C)(C)C)C3)C2)CC1. The van der Waals surface area contributed by atoms with Crippen LogP contribution in [-0.2, 0) is 0 Å². The number of nitrogens with zero attached hydrogens (tertiary/aromatic N) is 4. The number of hydrogen-bond acceptors (Lipinski definition) is 4. The minimum Gasteiger partial charge on any atom is -0.297 e. The van der Waals surface area contributed by atoms with Crippen LogP contribution in [0.2, 0.25) is 0 Å². The molecule has 3 saturated heterocycles. The van der Waals surface area contributed by atoms with Crippen molar-refractivity contribution in [1.29, 1.82) is 0 Å². The highest BCUT2D eigenvalue weighted by atomic mass is 15.3. The van der Waals surface area contributed by atoms with Gasteiger partial charge in [0.15, 0.2) is 0 Å². The van der Waals surface area contributed by atoms with Gasteiger partial charge in [-0.15, -0.1) is 0 Å². The molecule has 3 fully saturated rings. The lowest BCUT2D eigenvalue weighted by molar-refractivity contribution is 0.0331. The molecular weight excluding hydrogens is 308 g/mol. The van der Waals surface area contributed by atoms with Gasteiger partial charge in [0.2, 0.25) is 0 Å². The standard InChI is InChI=1S/C21H42N4/c1-20(2,3)24-14-12-22(13-15-24)19-9-11-23(16-19)18-8-7-10-25(17-18)21(4,5)6/h18-19H,7-17H2,1-6H3. The van der Waals surface area contributed by atoms with Gasteiger partial charge in [0.1, 0.15) is 0 Å². The first-order chi connectivity index (χ1) is 11.6. The van der Waals surface area contributed by atoms with Crippen molar-refractivity contribution in [3.8, 4) is 0 Å². The van der Waals surface area contributed by atoms with E-state index in [9.17, 15) is 0 Å². The third-order valence-electron chi connectivity index (χ3n) is 6.84. The summed E-state index contributed by atoms with van der Waals surface area (Å²) in [5.41, 5.74) is 0.646. The Morgan fingerprint density at radius 2 is 1.16 bits per heavy atom. The Hall–Kier alpha value is -0.160. The molecule has 2 atom stereocenters. The largest absolute Gasteiger partial charge is 0.297 e.